The zero-order chi connectivity index (χ0) is 18.8. The maximum Gasteiger partial charge on any atom is 0.351 e. The third-order valence-corrected chi connectivity index (χ3v) is 4.60. The van der Waals surface area contributed by atoms with Crippen molar-refractivity contribution in [3.8, 4) is 0 Å². The lowest BCUT2D eigenvalue weighted by Gasteiger charge is -2.09. The van der Waals surface area contributed by atoms with Crippen LogP contribution in [0.4, 0.5) is 11.5 Å². The Bertz CT molecular complexity index is 1140. The minimum Gasteiger partial charge on any atom is -0.340 e. The third kappa shape index (κ3) is 3.46. The van der Waals surface area contributed by atoms with Crippen LogP contribution >= 0.6 is 0 Å². The lowest BCUT2D eigenvalue weighted by Crippen LogP contribution is -2.23. The van der Waals surface area contributed by atoms with Crippen molar-refractivity contribution in [2.24, 2.45) is 0 Å². The fourth-order valence-electron chi connectivity index (χ4n) is 3.12. The average Bonchev–Trinajstić information content (AvgIpc) is 2.99. The van der Waals surface area contributed by atoms with Gasteiger partial charge in [-0.1, -0.05) is 48.5 Å². The number of para-hydroxylation sites is 1. The van der Waals surface area contributed by atoms with Gasteiger partial charge in [-0.3, -0.25) is 0 Å². The lowest BCUT2D eigenvalue weighted by molar-refractivity contribution is 0.591. The fourth-order valence-corrected chi connectivity index (χ4v) is 3.12. The molecule has 0 aliphatic rings. The summed E-state index contributed by atoms with van der Waals surface area (Å²) in [6, 6.07) is 20.0. The summed E-state index contributed by atoms with van der Waals surface area (Å²) in [5.74, 6) is 1.08. The van der Waals surface area contributed by atoms with Crippen LogP contribution < -0.4 is 11.0 Å². The van der Waals surface area contributed by atoms with Crippen molar-refractivity contribution in [2.45, 2.75) is 26.8 Å². The first-order valence-electron chi connectivity index (χ1n) is 8.95. The molecule has 1 N–H and O–H groups in total. The van der Waals surface area contributed by atoms with E-state index in [1.165, 1.54) is 10.2 Å². The molecule has 136 valence electrons. The Morgan fingerprint density at radius 1 is 1.00 bits per heavy atom. The summed E-state index contributed by atoms with van der Waals surface area (Å²) in [5.41, 5.74) is 3.93. The van der Waals surface area contributed by atoms with Crippen LogP contribution in [-0.2, 0) is 13.0 Å². The number of benzene rings is 2. The van der Waals surface area contributed by atoms with Crippen molar-refractivity contribution < 1.29 is 0 Å². The second kappa shape index (κ2) is 7.07. The number of aromatic nitrogens is 4. The van der Waals surface area contributed by atoms with Crippen LogP contribution in [0.1, 0.15) is 16.8 Å². The van der Waals surface area contributed by atoms with Gasteiger partial charge in [0, 0.05) is 17.4 Å². The first-order chi connectivity index (χ1) is 13.1. The van der Waals surface area contributed by atoms with Crippen LogP contribution in [0.25, 0.3) is 5.78 Å². The van der Waals surface area contributed by atoms with Crippen LogP contribution in [0.5, 0.6) is 0 Å². The van der Waals surface area contributed by atoms with Gasteiger partial charge in [0.25, 0.3) is 5.78 Å². The van der Waals surface area contributed by atoms with Crippen molar-refractivity contribution in [2.75, 3.05) is 5.32 Å². The molecular weight excluding hydrogens is 338 g/mol. The predicted molar refractivity (Wildman–Crippen MR) is 107 cm³/mol. The second-order valence-electron chi connectivity index (χ2n) is 6.60. The lowest BCUT2D eigenvalue weighted by atomic mass is 10.2. The number of fused-ring (bicyclic) bond motifs is 1. The summed E-state index contributed by atoms with van der Waals surface area (Å²) < 4.78 is 3.04. The van der Waals surface area contributed by atoms with Crippen LogP contribution in [0.3, 0.4) is 0 Å². The number of aryl methyl sites for hydroxylation is 4. The molecule has 0 amide bonds. The Morgan fingerprint density at radius 2 is 1.74 bits per heavy atom. The fraction of sp³-hybridized carbons (Fsp3) is 0.190. The Morgan fingerprint density at radius 3 is 2.52 bits per heavy atom. The van der Waals surface area contributed by atoms with Gasteiger partial charge in [0.2, 0.25) is 0 Å². The zero-order valence-electron chi connectivity index (χ0n) is 15.4. The van der Waals surface area contributed by atoms with Crippen LogP contribution in [0.15, 0.2) is 65.5 Å². The number of rotatable bonds is 5. The number of nitrogens with one attached hydrogen (secondary N) is 1. The van der Waals surface area contributed by atoms with Gasteiger partial charge in [0.15, 0.2) is 0 Å². The largest absolute Gasteiger partial charge is 0.351 e. The molecule has 0 spiro atoms. The minimum absolute atomic E-state index is 0.159. The van der Waals surface area contributed by atoms with E-state index in [2.05, 4.69) is 27.5 Å². The van der Waals surface area contributed by atoms with Crippen molar-refractivity contribution in [1.29, 1.82) is 0 Å². The van der Waals surface area contributed by atoms with Crippen molar-refractivity contribution in [1.82, 2.24) is 19.2 Å². The summed E-state index contributed by atoms with van der Waals surface area (Å²) in [5, 5.41) is 7.74. The van der Waals surface area contributed by atoms with Gasteiger partial charge < -0.3 is 5.32 Å². The molecule has 0 saturated carbocycles. The summed E-state index contributed by atoms with van der Waals surface area (Å²) in [4.78, 5) is 17.2. The van der Waals surface area contributed by atoms with Gasteiger partial charge in [-0.05, 0) is 37.5 Å². The van der Waals surface area contributed by atoms with E-state index in [0.29, 0.717) is 18.1 Å². The molecule has 4 rings (SSSR count). The number of nitrogens with zero attached hydrogens (tertiary/aromatic N) is 4. The van der Waals surface area contributed by atoms with Gasteiger partial charge in [-0.2, -0.15) is 4.98 Å². The molecule has 0 bridgehead atoms. The molecular formula is C21H21N5O. The summed E-state index contributed by atoms with van der Waals surface area (Å²) in [7, 11) is 0. The molecule has 0 radical (unpaired) electrons. The van der Waals surface area contributed by atoms with E-state index in [0.717, 1.165) is 23.4 Å². The first kappa shape index (κ1) is 17.0. The van der Waals surface area contributed by atoms with E-state index >= 15 is 0 Å². The Kier molecular flexibility index (Phi) is 4.46. The SMILES string of the molecule is Cc1ccccc1Nc1cc(C)n2c(=O)n(CCc3ccccc3)nc2n1. The molecule has 2 aromatic heterocycles. The molecule has 0 atom stereocenters. The maximum atomic E-state index is 12.7. The molecule has 6 nitrogen and oxygen atoms in total. The van der Waals surface area contributed by atoms with E-state index < -0.39 is 0 Å². The zero-order valence-corrected chi connectivity index (χ0v) is 15.4. The second-order valence-corrected chi connectivity index (χ2v) is 6.60. The number of hydrogen-bond donors (Lipinski definition) is 1. The minimum atomic E-state index is -0.159. The molecule has 6 heteroatoms. The van der Waals surface area contributed by atoms with Gasteiger partial charge >= 0.3 is 5.69 Å². The molecule has 0 fully saturated rings. The van der Waals surface area contributed by atoms with Crippen molar-refractivity contribution in [3.63, 3.8) is 0 Å². The monoisotopic (exact) mass is 359 g/mol. The van der Waals surface area contributed by atoms with Gasteiger partial charge in [0.05, 0.1) is 6.54 Å². The summed E-state index contributed by atoms with van der Waals surface area (Å²) in [6.07, 6.45) is 0.748. The smallest absolute Gasteiger partial charge is 0.340 e. The molecule has 0 unspecified atom stereocenters. The standard InChI is InChI=1S/C21H21N5O/c1-15-8-6-7-11-18(15)22-19-14-16(2)26-20(23-19)24-25(21(26)27)13-12-17-9-4-3-5-10-17/h3-11,14H,12-13H2,1-2H3,(H,22,23,24). The van der Waals surface area contributed by atoms with Gasteiger partial charge in [-0.25, -0.2) is 13.9 Å². The highest BCUT2D eigenvalue weighted by atomic mass is 16.2. The highest BCUT2D eigenvalue weighted by Crippen LogP contribution is 2.19. The average molecular weight is 359 g/mol. The van der Waals surface area contributed by atoms with E-state index in [9.17, 15) is 4.79 Å². The van der Waals surface area contributed by atoms with Crippen molar-refractivity contribution >= 4 is 17.3 Å². The van der Waals surface area contributed by atoms with E-state index in [1.807, 2.05) is 62.4 Å². The Balaban J connectivity index is 1.64. The van der Waals surface area contributed by atoms with E-state index in [1.54, 1.807) is 4.40 Å². The van der Waals surface area contributed by atoms with Crippen LogP contribution in [0.2, 0.25) is 0 Å². The maximum absolute atomic E-state index is 12.7. The third-order valence-electron chi connectivity index (χ3n) is 4.60. The highest BCUT2D eigenvalue weighted by Gasteiger charge is 2.12. The Hall–Kier alpha value is -3.41. The molecule has 4 aromatic rings. The summed E-state index contributed by atoms with van der Waals surface area (Å²) in [6.45, 7) is 4.45. The number of anilines is 2. The Labute approximate surface area is 157 Å². The normalized spacial score (nSPS) is 11.0. The molecule has 0 saturated heterocycles. The topological polar surface area (TPSA) is 64.2 Å². The van der Waals surface area contributed by atoms with Crippen LogP contribution in [-0.4, -0.2) is 19.2 Å². The number of hydrogen-bond acceptors (Lipinski definition) is 4. The first-order valence-corrected chi connectivity index (χ1v) is 8.95. The molecule has 27 heavy (non-hydrogen) atoms. The molecule has 2 aromatic carbocycles. The van der Waals surface area contributed by atoms with Crippen LogP contribution in [0, 0.1) is 13.8 Å². The quantitative estimate of drug-likeness (QED) is 0.592. The predicted octanol–water partition coefficient (Wildman–Crippen LogP) is 3.49. The molecule has 0 aliphatic heterocycles. The molecule has 0 aliphatic carbocycles. The van der Waals surface area contributed by atoms with E-state index in [-0.39, 0.29) is 5.69 Å². The molecule has 2 heterocycles. The van der Waals surface area contributed by atoms with E-state index in [4.69, 9.17) is 0 Å². The van der Waals surface area contributed by atoms with Crippen molar-refractivity contribution in [3.05, 3.63) is 88.0 Å². The van der Waals surface area contributed by atoms with Gasteiger partial charge in [0.1, 0.15) is 5.82 Å². The highest BCUT2D eigenvalue weighted by molar-refractivity contribution is 5.61. The van der Waals surface area contributed by atoms with Gasteiger partial charge in [-0.15, -0.1) is 5.10 Å². The summed E-state index contributed by atoms with van der Waals surface area (Å²) >= 11 is 0.